The number of anilines is 1. The van der Waals surface area contributed by atoms with Gasteiger partial charge in [0.15, 0.2) is 0 Å². The molecular weight excluding hydrogens is 354 g/mol. The summed E-state index contributed by atoms with van der Waals surface area (Å²) in [7, 11) is 0. The number of hydrogen-bond acceptors (Lipinski definition) is 3. The number of hydrogen-bond donors (Lipinski definition) is 2. The molecule has 0 aliphatic carbocycles. The predicted molar refractivity (Wildman–Crippen MR) is 110 cm³/mol. The van der Waals surface area contributed by atoms with Crippen molar-refractivity contribution in [3.05, 3.63) is 65.2 Å². The van der Waals surface area contributed by atoms with Crippen LogP contribution in [0.4, 0.5) is 5.69 Å². The van der Waals surface area contributed by atoms with E-state index in [1.807, 2.05) is 50.2 Å². The van der Waals surface area contributed by atoms with Gasteiger partial charge < -0.3 is 15.5 Å². The number of rotatable bonds is 8. The summed E-state index contributed by atoms with van der Waals surface area (Å²) in [4.78, 5) is 37.6. The molecule has 148 valence electrons. The summed E-state index contributed by atoms with van der Waals surface area (Å²) in [6.45, 7) is 6.74. The number of aryl methyl sites for hydroxylation is 1. The van der Waals surface area contributed by atoms with E-state index < -0.39 is 0 Å². The molecule has 2 aromatic rings. The van der Waals surface area contributed by atoms with E-state index in [1.165, 1.54) is 0 Å². The Kier molecular flexibility index (Phi) is 7.75. The van der Waals surface area contributed by atoms with E-state index in [9.17, 15) is 14.4 Å². The fourth-order valence-corrected chi connectivity index (χ4v) is 2.85. The molecule has 0 heterocycles. The molecule has 28 heavy (non-hydrogen) atoms. The van der Waals surface area contributed by atoms with E-state index in [0.29, 0.717) is 24.3 Å². The lowest BCUT2D eigenvalue weighted by Gasteiger charge is -2.19. The average molecular weight is 381 g/mol. The summed E-state index contributed by atoms with van der Waals surface area (Å²) in [5, 5.41) is 5.60. The first-order valence-electron chi connectivity index (χ1n) is 9.38. The number of nitrogens with zero attached hydrogens (tertiary/aromatic N) is 1. The highest BCUT2D eigenvalue weighted by Crippen LogP contribution is 2.13. The van der Waals surface area contributed by atoms with Crippen molar-refractivity contribution < 1.29 is 14.4 Å². The monoisotopic (exact) mass is 381 g/mol. The molecule has 6 heteroatoms. The number of carbonyl (C=O) groups excluding carboxylic acids is 3. The van der Waals surface area contributed by atoms with Crippen LogP contribution >= 0.6 is 0 Å². The molecule has 0 aromatic heterocycles. The van der Waals surface area contributed by atoms with Gasteiger partial charge in [0.25, 0.3) is 5.91 Å². The molecule has 2 aromatic carbocycles. The van der Waals surface area contributed by atoms with E-state index in [4.69, 9.17) is 0 Å². The van der Waals surface area contributed by atoms with Gasteiger partial charge in [0, 0.05) is 44.2 Å². The molecule has 0 aliphatic rings. The second-order valence-electron chi connectivity index (χ2n) is 6.60. The van der Waals surface area contributed by atoms with Crippen molar-refractivity contribution in [2.45, 2.75) is 33.7 Å². The van der Waals surface area contributed by atoms with Crippen LogP contribution in [0.2, 0.25) is 0 Å². The van der Waals surface area contributed by atoms with Crippen LogP contribution in [-0.2, 0) is 16.1 Å². The smallest absolute Gasteiger partial charge is 0.251 e. The summed E-state index contributed by atoms with van der Waals surface area (Å²) >= 11 is 0. The van der Waals surface area contributed by atoms with Gasteiger partial charge in [-0.1, -0.05) is 30.3 Å². The highest BCUT2D eigenvalue weighted by atomic mass is 16.2. The van der Waals surface area contributed by atoms with Crippen LogP contribution in [0.1, 0.15) is 41.8 Å². The van der Waals surface area contributed by atoms with Gasteiger partial charge in [-0.25, -0.2) is 0 Å². The number of nitrogens with one attached hydrogen (secondary N) is 2. The van der Waals surface area contributed by atoms with Crippen LogP contribution in [0.15, 0.2) is 48.5 Å². The van der Waals surface area contributed by atoms with Crippen molar-refractivity contribution in [1.29, 1.82) is 0 Å². The Morgan fingerprint density at radius 1 is 1.04 bits per heavy atom. The molecule has 0 atom stereocenters. The molecule has 0 bridgehead atoms. The highest BCUT2D eigenvalue weighted by molar-refractivity contribution is 5.96. The van der Waals surface area contributed by atoms with Crippen molar-refractivity contribution >= 4 is 23.4 Å². The Morgan fingerprint density at radius 2 is 1.79 bits per heavy atom. The molecule has 2 rings (SSSR count). The highest BCUT2D eigenvalue weighted by Gasteiger charge is 2.10. The summed E-state index contributed by atoms with van der Waals surface area (Å²) < 4.78 is 0. The van der Waals surface area contributed by atoms with Gasteiger partial charge in [-0.3, -0.25) is 14.4 Å². The lowest BCUT2D eigenvalue weighted by Crippen LogP contribution is -2.28. The lowest BCUT2D eigenvalue weighted by atomic mass is 10.1. The van der Waals surface area contributed by atoms with Gasteiger partial charge in [0.1, 0.15) is 0 Å². The molecule has 0 spiro atoms. The maximum absolute atomic E-state index is 12.2. The fourth-order valence-electron chi connectivity index (χ4n) is 2.85. The van der Waals surface area contributed by atoms with Gasteiger partial charge >= 0.3 is 0 Å². The second-order valence-corrected chi connectivity index (χ2v) is 6.60. The minimum Gasteiger partial charge on any atom is -0.352 e. The Balaban J connectivity index is 1.84. The third-order valence-electron chi connectivity index (χ3n) is 4.44. The molecule has 0 saturated carbocycles. The molecule has 0 aliphatic heterocycles. The van der Waals surface area contributed by atoms with Crippen LogP contribution in [-0.4, -0.2) is 35.7 Å². The average Bonchev–Trinajstić information content (AvgIpc) is 2.66. The molecule has 0 saturated heterocycles. The molecule has 6 nitrogen and oxygen atoms in total. The number of amides is 3. The minimum absolute atomic E-state index is 0.0151. The third-order valence-corrected chi connectivity index (χ3v) is 4.44. The maximum atomic E-state index is 12.2. The summed E-state index contributed by atoms with van der Waals surface area (Å²) in [6.07, 6.45) is 0.177. The van der Waals surface area contributed by atoms with E-state index >= 15 is 0 Å². The SMILES string of the molecule is CCN(Cc1cccc(NC(=O)CCNC(=O)c2ccccc2C)c1)C(C)=O. The quantitative estimate of drug-likeness (QED) is 0.737. The van der Waals surface area contributed by atoms with Gasteiger partial charge in [-0.2, -0.15) is 0 Å². The van der Waals surface area contributed by atoms with Crippen molar-refractivity contribution in [3.8, 4) is 0 Å². The largest absolute Gasteiger partial charge is 0.352 e. The second kappa shape index (κ2) is 10.3. The van der Waals surface area contributed by atoms with Gasteiger partial charge in [-0.15, -0.1) is 0 Å². The van der Waals surface area contributed by atoms with Crippen LogP contribution < -0.4 is 10.6 Å². The zero-order chi connectivity index (χ0) is 20.5. The molecule has 0 unspecified atom stereocenters. The van der Waals surface area contributed by atoms with Gasteiger partial charge in [0.05, 0.1) is 0 Å². The van der Waals surface area contributed by atoms with Crippen molar-refractivity contribution in [3.63, 3.8) is 0 Å². The standard InChI is InChI=1S/C22H27N3O3/c1-4-25(17(3)26)15-18-9-7-10-19(14-18)24-21(27)12-13-23-22(28)20-11-6-5-8-16(20)2/h5-11,14H,4,12-13,15H2,1-3H3,(H,23,28)(H,24,27). The first-order chi connectivity index (χ1) is 13.4. The summed E-state index contributed by atoms with van der Waals surface area (Å²) in [6, 6.07) is 14.8. The molecule has 2 N–H and O–H groups in total. The normalized spacial score (nSPS) is 10.2. The van der Waals surface area contributed by atoms with E-state index in [2.05, 4.69) is 10.6 Å². The zero-order valence-corrected chi connectivity index (χ0v) is 16.6. The topological polar surface area (TPSA) is 78.5 Å². The van der Waals surface area contributed by atoms with Crippen LogP contribution in [0.5, 0.6) is 0 Å². The van der Waals surface area contributed by atoms with Crippen molar-refractivity contribution in [1.82, 2.24) is 10.2 Å². The van der Waals surface area contributed by atoms with E-state index in [-0.39, 0.29) is 30.7 Å². The van der Waals surface area contributed by atoms with E-state index in [0.717, 1.165) is 11.1 Å². The molecule has 0 fully saturated rings. The third kappa shape index (κ3) is 6.23. The Labute approximate surface area is 165 Å². The van der Waals surface area contributed by atoms with Gasteiger partial charge in [-0.05, 0) is 43.2 Å². The van der Waals surface area contributed by atoms with Crippen molar-refractivity contribution in [2.75, 3.05) is 18.4 Å². The van der Waals surface area contributed by atoms with Gasteiger partial charge in [0.2, 0.25) is 11.8 Å². The summed E-state index contributed by atoms with van der Waals surface area (Å²) in [5.41, 5.74) is 3.13. The minimum atomic E-state index is -0.184. The van der Waals surface area contributed by atoms with Crippen LogP contribution in [0.3, 0.4) is 0 Å². The van der Waals surface area contributed by atoms with Crippen LogP contribution in [0.25, 0.3) is 0 Å². The van der Waals surface area contributed by atoms with Crippen molar-refractivity contribution in [2.24, 2.45) is 0 Å². The Hall–Kier alpha value is -3.15. The first kappa shape index (κ1) is 21.2. The van der Waals surface area contributed by atoms with E-state index in [1.54, 1.807) is 24.0 Å². The predicted octanol–water partition coefficient (Wildman–Crippen LogP) is 3.12. The number of carbonyl (C=O) groups is 3. The first-order valence-corrected chi connectivity index (χ1v) is 9.38. The maximum Gasteiger partial charge on any atom is 0.251 e. The number of benzene rings is 2. The Morgan fingerprint density at radius 3 is 2.46 bits per heavy atom. The molecule has 3 amide bonds. The zero-order valence-electron chi connectivity index (χ0n) is 16.6. The molecular formula is C22H27N3O3. The molecule has 0 radical (unpaired) electrons. The Bertz CT molecular complexity index is 848. The van der Waals surface area contributed by atoms with Crippen LogP contribution in [0, 0.1) is 6.92 Å². The lowest BCUT2D eigenvalue weighted by molar-refractivity contribution is -0.129. The fraction of sp³-hybridized carbons (Fsp3) is 0.318. The summed E-state index contributed by atoms with van der Waals surface area (Å²) in [5.74, 6) is -0.348.